The first-order chi connectivity index (χ1) is 31.5. The maximum Gasteiger partial charge on any atom is 0.410 e. The predicted molar refractivity (Wildman–Crippen MR) is 249 cm³/mol. The number of methoxy groups -OCH3 is 2. The van der Waals surface area contributed by atoms with Gasteiger partial charge in [0, 0.05) is 86.1 Å². The first kappa shape index (κ1) is 47.9. The largest absolute Gasteiger partial charge is 0.464 e. The van der Waals surface area contributed by atoms with Crippen molar-refractivity contribution in [2.45, 2.75) is 104 Å². The van der Waals surface area contributed by atoms with E-state index in [1.165, 1.54) is 26.8 Å². The van der Waals surface area contributed by atoms with Gasteiger partial charge in [-0.2, -0.15) is 0 Å². The minimum atomic E-state index is -1.13. The number of fused-ring (bicyclic) bond motifs is 6. The van der Waals surface area contributed by atoms with Crippen LogP contribution in [0.1, 0.15) is 83.9 Å². The van der Waals surface area contributed by atoms with Gasteiger partial charge in [0.05, 0.1) is 36.9 Å². The molecule has 354 valence electrons. The van der Waals surface area contributed by atoms with Crippen LogP contribution in [-0.2, 0) is 48.0 Å². The molecule has 0 radical (unpaired) electrons. The van der Waals surface area contributed by atoms with Gasteiger partial charge in [0.2, 0.25) is 5.91 Å². The molecule has 0 spiro atoms. The summed E-state index contributed by atoms with van der Waals surface area (Å²) in [5, 5.41) is 5.44. The van der Waals surface area contributed by atoms with Crippen LogP contribution in [0.25, 0.3) is 33.4 Å². The molecule has 4 atom stereocenters. The maximum atomic E-state index is 14.7. The van der Waals surface area contributed by atoms with E-state index in [1.807, 2.05) is 45.0 Å². The molecule has 4 aromatic rings. The number of hydrogen-bond donors (Lipinski definition) is 2. The topological polar surface area (TPSA) is 181 Å². The number of urea groups is 1. The number of aryl methyl sites for hydroxylation is 1. The van der Waals surface area contributed by atoms with Crippen molar-refractivity contribution in [1.82, 2.24) is 45.0 Å². The number of amides is 5. The van der Waals surface area contributed by atoms with Gasteiger partial charge in [0.25, 0.3) is 5.91 Å². The number of benzene rings is 1. The molecule has 66 heavy (non-hydrogen) atoms. The molecule has 6 heterocycles. The molecule has 17 heteroatoms. The van der Waals surface area contributed by atoms with Gasteiger partial charge in [-0.25, -0.2) is 15.0 Å². The summed E-state index contributed by atoms with van der Waals surface area (Å²) in [6, 6.07) is 12.7. The van der Waals surface area contributed by atoms with Crippen molar-refractivity contribution in [3.05, 3.63) is 71.7 Å². The lowest BCUT2D eigenvalue weighted by molar-refractivity contribution is -0.155. The number of carbonyl (C=O) groups is 5. The first-order valence-corrected chi connectivity index (χ1v) is 23.0. The summed E-state index contributed by atoms with van der Waals surface area (Å²) in [4.78, 5) is 83.6. The number of ether oxygens (including phenoxy) is 3. The molecule has 5 amide bonds. The van der Waals surface area contributed by atoms with Crippen LogP contribution >= 0.6 is 0 Å². The van der Waals surface area contributed by atoms with E-state index in [0.29, 0.717) is 63.3 Å². The number of nitrogens with zero attached hydrogens (tertiary/aromatic N) is 7. The molecule has 2 saturated heterocycles. The SMILES string of the molecule is CCn1c(-c2cccnc2[C@H](C)OC)c2c3cc(ccc31)-c1cccc(n1)C[C@H](NC(=O)[C@H](C(C)C)N(C)C(=O)N1CCCN(C(=O)OC)C1)C(=O)N1CCC[C@H](N1)C(=O)OCC(C)(C)C2. The van der Waals surface area contributed by atoms with E-state index in [2.05, 4.69) is 60.3 Å². The van der Waals surface area contributed by atoms with E-state index in [9.17, 15) is 24.0 Å². The zero-order valence-corrected chi connectivity index (χ0v) is 39.8. The molecule has 1 aromatic carbocycles. The van der Waals surface area contributed by atoms with Crippen LogP contribution in [0, 0.1) is 11.3 Å². The fourth-order valence-electron chi connectivity index (χ4n) is 9.57. The predicted octanol–water partition coefficient (Wildman–Crippen LogP) is 5.95. The lowest BCUT2D eigenvalue weighted by Crippen LogP contribution is -2.63. The normalized spacial score (nSPS) is 20.1. The van der Waals surface area contributed by atoms with Gasteiger partial charge in [-0.15, -0.1) is 0 Å². The molecule has 0 unspecified atom stereocenters. The molecule has 2 fully saturated rings. The Kier molecular flexibility index (Phi) is 14.7. The van der Waals surface area contributed by atoms with Gasteiger partial charge in [-0.05, 0) is 87.4 Å². The van der Waals surface area contributed by atoms with E-state index in [4.69, 9.17) is 24.2 Å². The molecule has 0 saturated carbocycles. The van der Waals surface area contributed by atoms with Gasteiger partial charge in [-0.3, -0.25) is 34.3 Å². The summed E-state index contributed by atoms with van der Waals surface area (Å²) < 4.78 is 19.1. The molecule has 17 nitrogen and oxygen atoms in total. The van der Waals surface area contributed by atoms with Crippen LogP contribution in [0.15, 0.2) is 54.7 Å². The first-order valence-electron chi connectivity index (χ1n) is 23.0. The van der Waals surface area contributed by atoms with Gasteiger partial charge < -0.3 is 33.9 Å². The molecular formula is C49H65N9O8. The summed E-state index contributed by atoms with van der Waals surface area (Å²) in [6.07, 6.45) is 3.09. The molecule has 7 rings (SSSR count). The number of hydrogen-bond acceptors (Lipinski definition) is 11. The Morgan fingerprint density at radius 3 is 2.52 bits per heavy atom. The second kappa shape index (κ2) is 20.2. The second-order valence-electron chi connectivity index (χ2n) is 18.7. The standard InChI is InChI=1S/C49H65N9O8/c1-10-57-40-20-19-32-25-35(40)36(43(57)34-16-12-21-50-41(34)31(4)64-8)27-49(5,6)28-66-46(61)38-18-13-24-58(53-38)45(60)39(26-33-15-11-17-37(32)51-33)52-44(59)42(30(2)3)54(7)47(62)55-22-14-23-56(29-55)48(63)65-9/h11-12,15-17,19-21,25,30-31,38-39,42,53H,10,13-14,18,22-24,26-29H2,1-9H3,(H,52,59)/t31-,38-,39-,42-/m0/s1. The van der Waals surface area contributed by atoms with Crippen molar-refractivity contribution in [3.8, 4) is 22.5 Å². The lowest BCUT2D eigenvalue weighted by Gasteiger charge is -2.40. The number of carbonyl (C=O) groups excluding carboxylic acids is 5. The minimum absolute atomic E-state index is 0.0199. The van der Waals surface area contributed by atoms with Gasteiger partial charge in [0.1, 0.15) is 24.8 Å². The molecule has 3 aliphatic rings. The number of cyclic esters (lactones) is 1. The van der Waals surface area contributed by atoms with Crippen LogP contribution in [0.4, 0.5) is 9.59 Å². The Bertz CT molecular complexity index is 2450. The summed E-state index contributed by atoms with van der Waals surface area (Å²) in [6.45, 7) is 13.9. The van der Waals surface area contributed by atoms with Crippen molar-refractivity contribution in [2.24, 2.45) is 11.3 Å². The Labute approximate surface area is 387 Å². The Morgan fingerprint density at radius 2 is 1.79 bits per heavy atom. The lowest BCUT2D eigenvalue weighted by atomic mass is 9.84. The third-order valence-electron chi connectivity index (χ3n) is 13.0. The summed E-state index contributed by atoms with van der Waals surface area (Å²) in [5.74, 6) is -1.81. The van der Waals surface area contributed by atoms with Gasteiger partial charge in [0.15, 0.2) is 0 Å². The number of aromatic nitrogens is 3. The number of nitrogens with one attached hydrogen (secondary N) is 2. The monoisotopic (exact) mass is 907 g/mol. The average Bonchev–Trinajstić information content (AvgIpc) is 3.62. The fraction of sp³-hybridized carbons (Fsp3) is 0.531. The zero-order chi connectivity index (χ0) is 47.4. The van der Waals surface area contributed by atoms with Crippen LogP contribution in [0.2, 0.25) is 0 Å². The number of esters is 1. The minimum Gasteiger partial charge on any atom is -0.464 e. The second-order valence-corrected chi connectivity index (χ2v) is 18.7. The van der Waals surface area contributed by atoms with Crippen LogP contribution in [-0.4, -0.2) is 136 Å². The number of hydrazine groups is 1. The highest BCUT2D eigenvalue weighted by molar-refractivity contribution is 5.95. The third kappa shape index (κ3) is 10.0. The van der Waals surface area contributed by atoms with Crippen molar-refractivity contribution in [1.29, 1.82) is 0 Å². The van der Waals surface area contributed by atoms with Gasteiger partial charge in [-0.1, -0.05) is 39.8 Å². The van der Waals surface area contributed by atoms with Crippen molar-refractivity contribution in [3.63, 3.8) is 0 Å². The number of likely N-dealkylation sites (N-methyl/N-ethyl adjacent to an activating group) is 1. The average molecular weight is 908 g/mol. The fourth-order valence-corrected chi connectivity index (χ4v) is 9.57. The van der Waals surface area contributed by atoms with E-state index >= 15 is 0 Å². The molecule has 0 aliphatic carbocycles. The van der Waals surface area contributed by atoms with Crippen molar-refractivity contribution < 1.29 is 38.2 Å². The Morgan fingerprint density at radius 1 is 1.02 bits per heavy atom. The Hall–Kier alpha value is -6.07. The highest BCUT2D eigenvalue weighted by Gasteiger charge is 2.39. The Balaban J connectivity index is 1.28. The van der Waals surface area contributed by atoms with E-state index in [-0.39, 0.29) is 31.7 Å². The van der Waals surface area contributed by atoms with E-state index in [0.717, 1.165) is 39.0 Å². The molecule has 3 aromatic heterocycles. The van der Waals surface area contributed by atoms with Crippen LogP contribution in [0.3, 0.4) is 0 Å². The zero-order valence-electron chi connectivity index (χ0n) is 39.8. The summed E-state index contributed by atoms with van der Waals surface area (Å²) in [5.41, 5.74) is 9.66. The smallest absolute Gasteiger partial charge is 0.410 e. The molecular weight excluding hydrogens is 843 g/mol. The quantitative estimate of drug-likeness (QED) is 0.200. The summed E-state index contributed by atoms with van der Waals surface area (Å²) in [7, 11) is 4.53. The molecule has 6 bridgehead atoms. The number of pyridine rings is 2. The summed E-state index contributed by atoms with van der Waals surface area (Å²) >= 11 is 0. The molecule has 2 N–H and O–H groups in total. The van der Waals surface area contributed by atoms with Gasteiger partial charge >= 0.3 is 18.1 Å². The highest BCUT2D eigenvalue weighted by atomic mass is 16.5. The maximum absolute atomic E-state index is 14.7. The van der Waals surface area contributed by atoms with Crippen LogP contribution in [0.5, 0.6) is 0 Å². The third-order valence-corrected chi connectivity index (χ3v) is 13.0. The van der Waals surface area contributed by atoms with Crippen molar-refractivity contribution >= 4 is 40.8 Å². The molecule has 3 aliphatic heterocycles. The van der Waals surface area contributed by atoms with E-state index < -0.39 is 53.4 Å². The van der Waals surface area contributed by atoms with E-state index in [1.54, 1.807) is 20.4 Å². The highest BCUT2D eigenvalue weighted by Crippen LogP contribution is 2.42. The van der Waals surface area contributed by atoms with Crippen LogP contribution < -0.4 is 10.7 Å². The van der Waals surface area contributed by atoms with Crippen molar-refractivity contribution in [2.75, 3.05) is 54.2 Å². The number of rotatable bonds is 8.